The predicted octanol–water partition coefficient (Wildman–Crippen LogP) is 2.71. The molecule has 0 saturated carbocycles. The topological polar surface area (TPSA) is 104 Å². The van der Waals surface area contributed by atoms with Gasteiger partial charge >= 0.3 is 6.09 Å². The number of amides is 2. The van der Waals surface area contributed by atoms with Crippen molar-refractivity contribution in [2.75, 3.05) is 50.7 Å². The van der Waals surface area contributed by atoms with Gasteiger partial charge in [-0.05, 0) is 57.4 Å². The summed E-state index contributed by atoms with van der Waals surface area (Å²) in [6, 6.07) is 6.19. The number of ether oxygens (including phenoxy) is 1. The van der Waals surface area contributed by atoms with Gasteiger partial charge in [0, 0.05) is 50.9 Å². The number of anilines is 1. The lowest BCUT2D eigenvalue weighted by Gasteiger charge is -2.36. The number of piperazine rings is 1. The second-order valence-electron chi connectivity index (χ2n) is 10.2. The van der Waals surface area contributed by atoms with E-state index in [4.69, 9.17) is 4.74 Å². The maximum Gasteiger partial charge on any atom is 0.410 e. The molecule has 2 aliphatic heterocycles. The van der Waals surface area contributed by atoms with Crippen LogP contribution in [0.1, 0.15) is 40.0 Å². The molecule has 4 rings (SSSR count). The largest absolute Gasteiger partial charge is 0.443 e. The van der Waals surface area contributed by atoms with Gasteiger partial charge in [-0.15, -0.1) is 5.10 Å². The van der Waals surface area contributed by atoms with E-state index in [2.05, 4.69) is 25.4 Å². The molecular formula is C26H36FN7O3. The molecule has 2 saturated heterocycles. The Balaban J connectivity index is 1.19. The summed E-state index contributed by atoms with van der Waals surface area (Å²) in [5.74, 6) is 0.226. The zero-order chi connectivity index (χ0) is 26.4. The van der Waals surface area contributed by atoms with Crippen molar-refractivity contribution in [2.45, 2.75) is 51.7 Å². The van der Waals surface area contributed by atoms with E-state index in [1.54, 1.807) is 23.2 Å². The number of piperidine rings is 1. The third kappa shape index (κ3) is 7.34. The van der Waals surface area contributed by atoms with Gasteiger partial charge in [0.25, 0.3) is 0 Å². The first-order chi connectivity index (χ1) is 17.7. The zero-order valence-electron chi connectivity index (χ0n) is 21.8. The highest BCUT2D eigenvalue weighted by Crippen LogP contribution is 2.20. The van der Waals surface area contributed by atoms with E-state index in [1.165, 1.54) is 12.1 Å². The molecule has 2 aliphatic rings. The van der Waals surface area contributed by atoms with E-state index in [-0.39, 0.29) is 23.9 Å². The number of halogens is 1. The Morgan fingerprint density at radius 2 is 1.76 bits per heavy atom. The average molecular weight is 514 g/mol. The fourth-order valence-corrected chi connectivity index (χ4v) is 4.35. The van der Waals surface area contributed by atoms with E-state index < -0.39 is 5.60 Å². The number of rotatable bonds is 7. The van der Waals surface area contributed by atoms with Crippen molar-refractivity contribution in [2.24, 2.45) is 0 Å². The van der Waals surface area contributed by atoms with Crippen LogP contribution in [0.15, 0.2) is 30.5 Å². The summed E-state index contributed by atoms with van der Waals surface area (Å²) < 4.78 is 18.8. The molecule has 0 radical (unpaired) electrons. The summed E-state index contributed by atoms with van der Waals surface area (Å²) in [6.07, 6.45) is 3.48. The highest BCUT2D eigenvalue weighted by atomic mass is 19.1. The molecule has 0 unspecified atom stereocenters. The van der Waals surface area contributed by atoms with Crippen LogP contribution in [0.3, 0.4) is 0 Å². The molecule has 11 heteroatoms. The molecule has 37 heavy (non-hydrogen) atoms. The fraction of sp³-hybridized carbons (Fsp3) is 0.577. The molecule has 0 atom stereocenters. The van der Waals surface area contributed by atoms with Crippen molar-refractivity contribution in [1.29, 1.82) is 0 Å². The third-order valence-corrected chi connectivity index (χ3v) is 7.04. The van der Waals surface area contributed by atoms with E-state index in [0.29, 0.717) is 57.5 Å². The minimum Gasteiger partial charge on any atom is -0.443 e. The van der Waals surface area contributed by atoms with Crippen LogP contribution in [-0.2, 0) is 9.53 Å². The van der Waals surface area contributed by atoms with Gasteiger partial charge in [0.05, 0.1) is 18.4 Å². The first kappa shape index (κ1) is 26.7. The highest BCUT2D eigenvalue weighted by Gasteiger charge is 2.29. The van der Waals surface area contributed by atoms with E-state index in [1.807, 2.05) is 25.7 Å². The van der Waals surface area contributed by atoms with Gasteiger partial charge in [0.1, 0.15) is 11.4 Å². The lowest BCUT2D eigenvalue weighted by atomic mass is 10.1. The summed E-state index contributed by atoms with van der Waals surface area (Å²) in [5.41, 5.74) is 0.945. The molecule has 200 valence electrons. The van der Waals surface area contributed by atoms with Gasteiger partial charge < -0.3 is 19.9 Å². The van der Waals surface area contributed by atoms with Crippen molar-refractivity contribution < 1.29 is 18.7 Å². The quantitative estimate of drug-likeness (QED) is 0.603. The predicted molar refractivity (Wildman–Crippen MR) is 137 cm³/mol. The summed E-state index contributed by atoms with van der Waals surface area (Å²) in [7, 11) is 0. The molecular weight excluding hydrogens is 477 g/mol. The summed E-state index contributed by atoms with van der Waals surface area (Å²) >= 11 is 0. The van der Waals surface area contributed by atoms with Gasteiger partial charge in [-0.1, -0.05) is 6.92 Å². The molecule has 1 aromatic carbocycles. The Morgan fingerprint density at radius 3 is 2.41 bits per heavy atom. The molecule has 0 aliphatic carbocycles. The lowest BCUT2D eigenvalue weighted by Crippen LogP contribution is -2.52. The van der Waals surface area contributed by atoms with Gasteiger partial charge in [-0.25, -0.2) is 14.2 Å². The minimum absolute atomic E-state index is 0.00202. The number of benzene rings is 1. The molecule has 1 aromatic heterocycles. The normalized spacial score (nSPS) is 17.5. The molecule has 1 N–H and O–H groups in total. The van der Waals surface area contributed by atoms with Gasteiger partial charge in [0.15, 0.2) is 0 Å². The summed E-state index contributed by atoms with van der Waals surface area (Å²) in [6.45, 7) is 10.1. The Morgan fingerprint density at radius 1 is 1.08 bits per heavy atom. The van der Waals surface area contributed by atoms with Crippen LogP contribution in [0.5, 0.6) is 0 Å². The Hall–Kier alpha value is -3.34. The monoisotopic (exact) mass is 513 g/mol. The van der Waals surface area contributed by atoms with E-state index in [9.17, 15) is 14.0 Å². The van der Waals surface area contributed by atoms with E-state index in [0.717, 1.165) is 24.8 Å². The molecule has 0 bridgehead atoms. The first-order valence-electron chi connectivity index (χ1n) is 12.9. The average Bonchev–Trinajstić information content (AvgIpc) is 2.90. The number of hydrogen-bond donors (Lipinski definition) is 1. The van der Waals surface area contributed by atoms with Crippen LogP contribution in [0.4, 0.5) is 15.1 Å². The van der Waals surface area contributed by atoms with Crippen LogP contribution in [0.25, 0.3) is 11.3 Å². The molecule has 10 nitrogen and oxygen atoms in total. The zero-order valence-corrected chi connectivity index (χ0v) is 21.8. The van der Waals surface area contributed by atoms with Crippen molar-refractivity contribution in [3.8, 4) is 11.3 Å². The Bertz CT molecular complexity index is 1070. The van der Waals surface area contributed by atoms with E-state index >= 15 is 0 Å². The maximum atomic E-state index is 13.2. The van der Waals surface area contributed by atoms with Crippen LogP contribution < -0.4 is 10.2 Å². The van der Waals surface area contributed by atoms with Crippen LogP contribution >= 0.6 is 0 Å². The third-order valence-electron chi connectivity index (χ3n) is 7.04. The molecule has 2 aromatic rings. The smallest absolute Gasteiger partial charge is 0.410 e. The van der Waals surface area contributed by atoms with Gasteiger partial charge in [-0.3, -0.25) is 9.69 Å². The van der Waals surface area contributed by atoms with Gasteiger partial charge in [0.2, 0.25) is 11.9 Å². The second-order valence-corrected chi connectivity index (χ2v) is 10.2. The molecule has 0 spiro atoms. The number of likely N-dealkylation sites (tertiary alicyclic amines) is 1. The van der Waals surface area contributed by atoms with Crippen molar-refractivity contribution in [1.82, 2.24) is 30.3 Å². The molecule has 2 fully saturated rings. The van der Waals surface area contributed by atoms with Crippen molar-refractivity contribution >= 4 is 17.9 Å². The minimum atomic E-state index is -0.472. The maximum absolute atomic E-state index is 13.2. The van der Waals surface area contributed by atoms with Crippen molar-refractivity contribution in [3.63, 3.8) is 0 Å². The number of nitrogens with one attached hydrogen (secondary N) is 1. The SMILES string of the molecule is CCC(C)(C)OC(=O)N1CCC(NC(=O)CN2CCN(c3nncc(-c4ccc(F)cc4)n3)CC2)CC1. The van der Waals surface area contributed by atoms with Gasteiger partial charge in [-0.2, -0.15) is 5.10 Å². The first-order valence-corrected chi connectivity index (χ1v) is 12.9. The number of hydrogen-bond acceptors (Lipinski definition) is 8. The molecule has 2 amide bonds. The molecule has 3 heterocycles. The number of aromatic nitrogens is 3. The Kier molecular flexibility index (Phi) is 8.52. The standard InChI is InChI=1S/C26H36FN7O3/c1-4-26(2,3)37-25(36)34-11-9-21(10-12-34)29-23(35)18-32-13-15-33(16-14-32)24-30-22(17-28-31-24)19-5-7-20(27)8-6-19/h5-8,17,21H,4,9-16,18H2,1-3H3,(H,29,35). The number of carbonyl (C=O) groups excluding carboxylic acids is 2. The fourth-order valence-electron chi connectivity index (χ4n) is 4.35. The Labute approximate surface area is 217 Å². The summed E-state index contributed by atoms with van der Waals surface area (Å²) in [4.78, 5) is 35.5. The number of nitrogens with zero attached hydrogens (tertiary/aromatic N) is 6. The van der Waals surface area contributed by atoms with Crippen LogP contribution in [0, 0.1) is 5.82 Å². The second kappa shape index (κ2) is 11.8. The summed E-state index contributed by atoms with van der Waals surface area (Å²) in [5, 5.41) is 11.4. The lowest BCUT2D eigenvalue weighted by molar-refractivity contribution is -0.123. The van der Waals surface area contributed by atoms with Crippen LogP contribution in [-0.4, -0.2) is 94.4 Å². The van der Waals surface area contributed by atoms with Crippen molar-refractivity contribution in [3.05, 3.63) is 36.3 Å². The van der Waals surface area contributed by atoms with Crippen LogP contribution in [0.2, 0.25) is 0 Å². The number of carbonyl (C=O) groups is 2. The highest BCUT2D eigenvalue weighted by molar-refractivity contribution is 5.78.